The number of aromatic nitrogens is 4. The minimum Gasteiger partial charge on any atom is -0.462 e. The predicted octanol–water partition coefficient (Wildman–Crippen LogP) is 4.21. The molecule has 0 aliphatic rings. The fraction of sp³-hybridized carbons (Fsp3) is 0.136. The van der Waals surface area contributed by atoms with E-state index < -0.39 is 23.7 Å². The number of rotatable bonds is 5. The number of esters is 1. The number of carbonyl (C=O) groups excluding carboxylic acids is 2. The van der Waals surface area contributed by atoms with E-state index in [0.717, 1.165) is 12.1 Å². The quantitative estimate of drug-likeness (QED) is 0.360. The zero-order valence-electron chi connectivity index (χ0n) is 18.1. The lowest BCUT2D eigenvalue weighted by Gasteiger charge is -2.10. The van der Waals surface area contributed by atoms with Crippen LogP contribution in [0.15, 0.2) is 55.1 Å². The van der Waals surface area contributed by atoms with Crippen molar-refractivity contribution in [3.63, 3.8) is 0 Å². The number of carbonyl (C=O) groups is 2. The Balaban J connectivity index is 1.55. The summed E-state index contributed by atoms with van der Waals surface area (Å²) in [7, 11) is 0. The number of urea groups is 1. The molecule has 0 fully saturated rings. The minimum atomic E-state index is -4.52. The Bertz CT molecular complexity index is 1380. The first kappa shape index (κ1) is 23.5. The molecule has 0 atom stereocenters. The number of nitrogens with zero attached hydrogens (tertiary/aromatic N) is 4. The summed E-state index contributed by atoms with van der Waals surface area (Å²) in [5.74, 6) is -0.448. The zero-order chi connectivity index (χ0) is 25.2. The first-order chi connectivity index (χ1) is 16.7. The van der Waals surface area contributed by atoms with Crippen LogP contribution >= 0.6 is 0 Å². The van der Waals surface area contributed by atoms with Gasteiger partial charge in [0.2, 0.25) is 0 Å². The molecule has 4 N–H and O–H groups in total. The summed E-state index contributed by atoms with van der Waals surface area (Å²) in [4.78, 5) is 32.3. The number of halogens is 3. The van der Waals surface area contributed by atoms with Gasteiger partial charge in [0.25, 0.3) is 0 Å². The van der Waals surface area contributed by atoms with Crippen LogP contribution in [0.3, 0.4) is 0 Å². The number of ether oxygens (including phenoxy) is 1. The average molecular weight is 485 g/mol. The zero-order valence-corrected chi connectivity index (χ0v) is 18.1. The largest absolute Gasteiger partial charge is 0.462 e. The summed E-state index contributed by atoms with van der Waals surface area (Å²) < 4.78 is 44.5. The van der Waals surface area contributed by atoms with Crippen LogP contribution in [-0.2, 0) is 10.9 Å². The van der Waals surface area contributed by atoms with E-state index in [1.807, 2.05) is 0 Å². The number of anilines is 3. The van der Waals surface area contributed by atoms with Crippen LogP contribution < -0.4 is 16.4 Å². The van der Waals surface area contributed by atoms with Crippen LogP contribution in [0, 0.1) is 0 Å². The summed E-state index contributed by atoms with van der Waals surface area (Å²) in [5.41, 5.74) is 7.19. The number of pyridine rings is 1. The molecule has 3 aromatic heterocycles. The van der Waals surface area contributed by atoms with Gasteiger partial charge in [0.05, 0.1) is 17.7 Å². The van der Waals surface area contributed by atoms with Gasteiger partial charge < -0.3 is 15.8 Å². The van der Waals surface area contributed by atoms with Gasteiger partial charge in [-0.1, -0.05) is 12.1 Å². The second kappa shape index (κ2) is 9.29. The molecule has 4 aromatic rings. The number of nitrogen functional groups attached to an aromatic ring is 1. The first-order valence-electron chi connectivity index (χ1n) is 10.2. The molecule has 3 heterocycles. The van der Waals surface area contributed by atoms with Crippen molar-refractivity contribution >= 4 is 34.8 Å². The molecule has 0 saturated carbocycles. The fourth-order valence-corrected chi connectivity index (χ4v) is 3.33. The third-order valence-corrected chi connectivity index (χ3v) is 4.86. The third kappa shape index (κ3) is 4.98. The van der Waals surface area contributed by atoms with Gasteiger partial charge in [-0.2, -0.15) is 18.3 Å². The summed E-state index contributed by atoms with van der Waals surface area (Å²) in [6.07, 6.45) is -1.14. The number of alkyl halides is 3. The number of hydrogen-bond donors (Lipinski definition) is 3. The van der Waals surface area contributed by atoms with Crippen molar-refractivity contribution in [1.29, 1.82) is 0 Å². The topological polar surface area (TPSA) is 137 Å². The summed E-state index contributed by atoms with van der Waals surface area (Å²) >= 11 is 0. The van der Waals surface area contributed by atoms with Gasteiger partial charge in [0.1, 0.15) is 17.7 Å². The van der Waals surface area contributed by atoms with Crippen LogP contribution in [0.25, 0.3) is 16.6 Å². The van der Waals surface area contributed by atoms with Crippen LogP contribution in [0.2, 0.25) is 0 Å². The maximum atomic E-state index is 12.6. The second-order valence-corrected chi connectivity index (χ2v) is 7.16. The Morgan fingerprint density at radius 2 is 1.83 bits per heavy atom. The van der Waals surface area contributed by atoms with Crippen molar-refractivity contribution in [3.05, 3.63) is 66.2 Å². The van der Waals surface area contributed by atoms with Crippen LogP contribution in [0.1, 0.15) is 22.8 Å². The Morgan fingerprint density at radius 3 is 2.46 bits per heavy atom. The number of nitrogens with one attached hydrogen (secondary N) is 2. The molecule has 0 aliphatic heterocycles. The molecule has 35 heavy (non-hydrogen) atoms. The maximum absolute atomic E-state index is 12.6. The lowest BCUT2D eigenvalue weighted by Crippen LogP contribution is -2.20. The number of benzene rings is 1. The molecule has 0 bridgehead atoms. The molecule has 0 unspecified atom stereocenters. The van der Waals surface area contributed by atoms with Crippen LogP contribution in [0.5, 0.6) is 0 Å². The van der Waals surface area contributed by atoms with Crippen LogP contribution in [-0.4, -0.2) is 38.2 Å². The third-order valence-electron chi connectivity index (χ3n) is 4.86. The highest BCUT2D eigenvalue weighted by atomic mass is 19.4. The van der Waals surface area contributed by atoms with Crippen molar-refractivity contribution in [2.45, 2.75) is 13.1 Å². The molecule has 13 heteroatoms. The van der Waals surface area contributed by atoms with Gasteiger partial charge in [-0.05, 0) is 36.8 Å². The molecule has 0 radical (unpaired) electrons. The van der Waals surface area contributed by atoms with E-state index in [-0.39, 0.29) is 23.8 Å². The van der Waals surface area contributed by atoms with Gasteiger partial charge in [-0.25, -0.2) is 24.1 Å². The molecule has 0 saturated heterocycles. The number of amides is 2. The molecule has 0 aliphatic carbocycles. The summed E-state index contributed by atoms with van der Waals surface area (Å²) in [5, 5.41) is 9.00. The van der Waals surface area contributed by atoms with Gasteiger partial charge in [-0.3, -0.25) is 5.32 Å². The van der Waals surface area contributed by atoms with Crippen molar-refractivity contribution in [2.24, 2.45) is 0 Å². The lowest BCUT2D eigenvalue weighted by molar-refractivity contribution is -0.137. The minimum absolute atomic E-state index is 0.0537. The van der Waals surface area contributed by atoms with E-state index in [0.29, 0.717) is 28.5 Å². The van der Waals surface area contributed by atoms with Crippen molar-refractivity contribution in [1.82, 2.24) is 19.6 Å². The van der Waals surface area contributed by atoms with Gasteiger partial charge in [-0.15, -0.1) is 0 Å². The van der Waals surface area contributed by atoms with Crippen molar-refractivity contribution in [2.75, 3.05) is 23.0 Å². The lowest BCUT2D eigenvalue weighted by atomic mass is 10.0. The Kier molecular flexibility index (Phi) is 6.23. The molecular formula is C22H18F3N7O3. The van der Waals surface area contributed by atoms with Gasteiger partial charge in [0, 0.05) is 23.6 Å². The van der Waals surface area contributed by atoms with Crippen molar-refractivity contribution < 1.29 is 27.5 Å². The highest BCUT2D eigenvalue weighted by Gasteiger charge is 2.30. The van der Waals surface area contributed by atoms with Gasteiger partial charge >= 0.3 is 18.2 Å². The van der Waals surface area contributed by atoms with E-state index in [1.165, 1.54) is 17.0 Å². The number of fused-ring (bicyclic) bond motifs is 1. The van der Waals surface area contributed by atoms with Gasteiger partial charge in [0.15, 0.2) is 5.82 Å². The molecule has 1 aromatic carbocycles. The highest BCUT2D eigenvalue weighted by Crippen LogP contribution is 2.33. The predicted molar refractivity (Wildman–Crippen MR) is 121 cm³/mol. The Hall–Kier alpha value is -4.68. The van der Waals surface area contributed by atoms with E-state index in [1.54, 1.807) is 31.2 Å². The standard InChI is InChI=1S/C22H18F3N7O3/c1-2-35-20(33)15-10-32-18(19(26)28-11-29-32)17(15)12-3-6-14(7-4-12)30-21(34)31-16-8-5-13(9-27-16)22(23,24)25/h3-11H,2H2,1H3,(H2,26,28,29)(H2,27,30,31,34). The van der Waals surface area contributed by atoms with E-state index in [9.17, 15) is 22.8 Å². The maximum Gasteiger partial charge on any atom is 0.417 e. The first-order valence-corrected chi connectivity index (χ1v) is 10.2. The monoisotopic (exact) mass is 485 g/mol. The normalized spacial score (nSPS) is 11.3. The SMILES string of the molecule is CCOC(=O)c1cn2ncnc(N)c2c1-c1ccc(NC(=O)Nc2ccc(C(F)(F)F)cn2)cc1. The van der Waals surface area contributed by atoms with E-state index >= 15 is 0 Å². The summed E-state index contributed by atoms with van der Waals surface area (Å²) in [6.45, 7) is 1.87. The molecule has 180 valence electrons. The molecule has 4 rings (SSSR count). The highest BCUT2D eigenvalue weighted by molar-refractivity contribution is 6.05. The summed E-state index contributed by atoms with van der Waals surface area (Å²) in [6, 6.07) is 7.61. The molecular weight excluding hydrogens is 467 g/mol. The Labute approximate surface area is 195 Å². The molecule has 10 nitrogen and oxygen atoms in total. The smallest absolute Gasteiger partial charge is 0.417 e. The Morgan fingerprint density at radius 1 is 1.09 bits per heavy atom. The van der Waals surface area contributed by atoms with Crippen molar-refractivity contribution in [3.8, 4) is 11.1 Å². The number of nitrogens with two attached hydrogens (primary N) is 1. The van der Waals surface area contributed by atoms with E-state index in [4.69, 9.17) is 10.5 Å². The molecule has 2 amide bonds. The number of hydrogen-bond acceptors (Lipinski definition) is 7. The van der Waals surface area contributed by atoms with Crippen LogP contribution in [0.4, 0.5) is 35.3 Å². The average Bonchev–Trinajstić information content (AvgIpc) is 3.21. The fourth-order valence-electron chi connectivity index (χ4n) is 3.33. The second-order valence-electron chi connectivity index (χ2n) is 7.16. The van der Waals surface area contributed by atoms with E-state index in [2.05, 4.69) is 25.7 Å². The molecule has 0 spiro atoms.